The number of halogens is 1. The Kier molecular flexibility index (Phi) is 8.90. The van der Waals surface area contributed by atoms with Crippen molar-refractivity contribution in [2.75, 3.05) is 13.2 Å². The average molecular weight is 450 g/mol. The van der Waals surface area contributed by atoms with E-state index in [1.165, 1.54) is 12.1 Å². The number of aryl methyl sites for hydroxylation is 1. The molecule has 0 aliphatic rings. The normalized spacial score (nSPS) is 11.4. The highest BCUT2D eigenvalue weighted by molar-refractivity contribution is 5.73. The van der Waals surface area contributed by atoms with E-state index in [4.69, 9.17) is 15.2 Å². The molecule has 0 spiro atoms. The summed E-state index contributed by atoms with van der Waals surface area (Å²) in [5, 5.41) is 0. The quantitative estimate of drug-likeness (QED) is 0.298. The second kappa shape index (κ2) is 11.9. The lowest BCUT2D eigenvalue weighted by molar-refractivity contribution is 0.273. The van der Waals surface area contributed by atoms with E-state index in [-0.39, 0.29) is 11.2 Å². The Bertz CT molecular complexity index is 1000. The Morgan fingerprint density at radius 1 is 0.879 bits per heavy atom. The molecule has 0 aromatic heterocycles. The van der Waals surface area contributed by atoms with E-state index < -0.39 is 0 Å². The van der Waals surface area contributed by atoms with Gasteiger partial charge in [-0.1, -0.05) is 63.2 Å². The SMILES string of the molecule is CCc1cc(-c2ccc(F)cc2)c(OCc2ccccc2)cc1OCCCCC(C)(C)CN. The van der Waals surface area contributed by atoms with Crippen molar-refractivity contribution in [3.63, 3.8) is 0 Å². The number of hydrogen-bond acceptors (Lipinski definition) is 3. The number of nitrogens with two attached hydrogens (primary N) is 1. The van der Waals surface area contributed by atoms with Crippen molar-refractivity contribution < 1.29 is 13.9 Å². The number of ether oxygens (including phenoxy) is 2. The van der Waals surface area contributed by atoms with Gasteiger partial charge in [-0.2, -0.15) is 0 Å². The van der Waals surface area contributed by atoms with Gasteiger partial charge in [0.2, 0.25) is 0 Å². The second-order valence-electron chi connectivity index (χ2n) is 9.26. The minimum absolute atomic E-state index is 0.170. The number of rotatable bonds is 12. The lowest BCUT2D eigenvalue weighted by atomic mass is 9.87. The predicted octanol–water partition coefficient (Wildman–Crippen LogP) is 7.17. The maximum atomic E-state index is 13.5. The maximum absolute atomic E-state index is 13.5. The molecule has 0 atom stereocenters. The second-order valence-corrected chi connectivity index (χ2v) is 9.26. The molecule has 3 rings (SSSR count). The fourth-order valence-electron chi connectivity index (χ4n) is 3.72. The third-order valence-electron chi connectivity index (χ3n) is 5.99. The van der Waals surface area contributed by atoms with Crippen LogP contribution in [-0.4, -0.2) is 13.2 Å². The van der Waals surface area contributed by atoms with Crippen LogP contribution in [0, 0.1) is 11.2 Å². The Labute approximate surface area is 197 Å². The summed E-state index contributed by atoms with van der Waals surface area (Å²) in [7, 11) is 0. The first-order valence-electron chi connectivity index (χ1n) is 11.8. The van der Waals surface area contributed by atoms with Crippen LogP contribution in [0.25, 0.3) is 11.1 Å². The Morgan fingerprint density at radius 2 is 1.61 bits per heavy atom. The highest BCUT2D eigenvalue weighted by atomic mass is 19.1. The predicted molar refractivity (Wildman–Crippen MR) is 134 cm³/mol. The lowest BCUT2D eigenvalue weighted by Crippen LogP contribution is -2.23. The van der Waals surface area contributed by atoms with Gasteiger partial charge < -0.3 is 15.2 Å². The molecule has 0 amide bonds. The molecule has 176 valence electrons. The van der Waals surface area contributed by atoms with E-state index in [0.29, 0.717) is 19.8 Å². The van der Waals surface area contributed by atoms with Crippen LogP contribution < -0.4 is 15.2 Å². The molecule has 3 aromatic rings. The van der Waals surface area contributed by atoms with Crippen molar-refractivity contribution in [1.29, 1.82) is 0 Å². The molecule has 0 aliphatic carbocycles. The van der Waals surface area contributed by atoms with Crippen LogP contribution in [0.3, 0.4) is 0 Å². The zero-order valence-corrected chi connectivity index (χ0v) is 20.1. The molecular formula is C29H36FNO2. The first-order chi connectivity index (χ1) is 15.9. The molecular weight excluding hydrogens is 413 g/mol. The lowest BCUT2D eigenvalue weighted by Gasteiger charge is -2.22. The Balaban J connectivity index is 1.80. The monoisotopic (exact) mass is 449 g/mol. The zero-order chi connectivity index (χ0) is 23.7. The Hall–Kier alpha value is -2.85. The summed E-state index contributed by atoms with van der Waals surface area (Å²) in [6, 6.07) is 20.7. The molecule has 0 fully saturated rings. The summed E-state index contributed by atoms with van der Waals surface area (Å²) in [6.07, 6.45) is 3.98. The van der Waals surface area contributed by atoms with Crippen molar-refractivity contribution >= 4 is 0 Å². The van der Waals surface area contributed by atoms with Gasteiger partial charge in [0.1, 0.15) is 23.9 Å². The van der Waals surface area contributed by atoms with E-state index >= 15 is 0 Å². The van der Waals surface area contributed by atoms with E-state index in [0.717, 1.165) is 59.4 Å². The fourth-order valence-corrected chi connectivity index (χ4v) is 3.72. The largest absolute Gasteiger partial charge is 0.493 e. The fraction of sp³-hybridized carbons (Fsp3) is 0.379. The molecule has 2 N–H and O–H groups in total. The summed E-state index contributed by atoms with van der Waals surface area (Å²) in [6.45, 7) is 8.32. The average Bonchev–Trinajstić information content (AvgIpc) is 2.83. The molecule has 0 saturated carbocycles. The highest BCUT2D eigenvalue weighted by Crippen LogP contribution is 2.37. The van der Waals surface area contributed by atoms with Crippen LogP contribution in [-0.2, 0) is 13.0 Å². The molecule has 0 bridgehead atoms. The van der Waals surface area contributed by atoms with Crippen molar-refractivity contribution in [2.45, 2.75) is 53.1 Å². The van der Waals surface area contributed by atoms with E-state index in [1.807, 2.05) is 36.4 Å². The standard InChI is InChI=1S/C29H36FNO2/c1-4-23-18-26(24-12-14-25(30)15-13-24)28(33-20-22-10-6-5-7-11-22)19-27(23)32-17-9-8-16-29(2,3)21-31/h5-7,10-15,18-19H,4,8-9,16-17,20-21,31H2,1-3H3. The summed E-state index contributed by atoms with van der Waals surface area (Å²) in [5.41, 5.74) is 10.1. The third kappa shape index (κ3) is 7.33. The van der Waals surface area contributed by atoms with Gasteiger partial charge in [0.15, 0.2) is 0 Å². The van der Waals surface area contributed by atoms with Gasteiger partial charge in [-0.3, -0.25) is 0 Å². The van der Waals surface area contributed by atoms with Gasteiger partial charge in [0.05, 0.1) is 6.61 Å². The van der Waals surface area contributed by atoms with Crippen LogP contribution in [0.5, 0.6) is 11.5 Å². The van der Waals surface area contributed by atoms with Crippen molar-refractivity contribution in [3.05, 3.63) is 83.7 Å². The van der Waals surface area contributed by atoms with Gasteiger partial charge in [0, 0.05) is 11.6 Å². The zero-order valence-electron chi connectivity index (χ0n) is 20.1. The van der Waals surface area contributed by atoms with Gasteiger partial charge >= 0.3 is 0 Å². The van der Waals surface area contributed by atoms with E-state index in [1.54, 1.807) is 12.1 Å². The molecule has 0 heterocycles. The Morgan fingerprint density at radius 3 is 2.27 bits per heavy atom. The van der Waals surface area contributed by atoms with Crippen molar-refractivity contribution in [2.24, 2.45) is 11.1 Å². The molecule has 0 saturated heterocycles. The van der Waals surface area contributed by atoms with E-state index in [2.05, 4.69) is 26.8 Å². The van der Waals surface area contributed by atoms with Crippen molar-refractivity contribution in [1.82, 2.24) is 0 Å². The molecule has 0 radical (unpaired) electrons. The minimum Gasteiger partial charge on any atom is -0.493 e. The van der Waals surface area contributed by atoms with Crippen LogP contribution in [0.1, 0.15) is 51.2 Å². The van der Waals surface area contributed by atoms with E-state index in [9.17, 15) is 4.39 Å². The number of unbranched alkanes of at least 4 members (excludes halogenated alkanes) is 1. The van der Waals surface area contributed by atoms with Gasteiger partial charge in [-0.15, -0.1) is 0 Å². The molecule has 33 heavy (non-hydrogen) atoms. The summed E-state index contributed by atoms with van der Waals surface area (Å²) < 4.78 is 26.0. The van der Waals surface area contributed by atoms with Crippen LogP contribution in [0.2, 0.25) is 0 Å². The maximum Gasteiger partial charge on any atom is 0.131 e. The third-order valence-corrected chi connectivity index (χ3v) is 5.99. The van der Waals surface area contributed by atoms with Gasteiger partial charge in [0.25, 0.3) is 0 Å². The molecule has 3 nitrogen and oxygen atoms in total. The topological polar surface area (TPSA) is 44.5 Å². The first-order valence-corrected chi connectivity index (χ1v) is 11.8. The van der Waals surface area contributed by atoms with Crippen LogP contribution in [0.15, 0.2) is 66.7 Å². The highest BCUT2D eigenvalue weighted by Gasteiger charge is 2.16. The molecule has 3 aromatic carbocycles. The summed E-state index contributed by atoms with van der Waals surface area (Å²) in [5.74, 6) is 1.34. The van der Waals surface area contributed by atoms with Crippen LogP contribution >= 0.6 is 0 Å². The van der Waals surface area contributed by atoms with Crippen molar-refractivity contribution in [3.8, 4) is 22.6 Å². The molecule has 4 heteroatoms. The first kappa shape index (κ1) is 24.8. The molecule has 0 unspecified atom stereocenters. The number of benzene rings is 3. The van der Waals surface area contributed by atoms with Gasteiger partial charge in [-0.25, -0.2) is 4.39 Å². The van der Waals surface area contributed by atoms with Crippen LogP contribution in [0.4, 0.5) is 4.39 Å². The molecule has 0 aliphatic heterocycles. The smallest absolute Gasteiger partial charge is 0.131 e. The number of hydrogen-bond donors (Lipinski definition) is 1. The minimum atomic E-state index is -0.251. The van der Waals surface area contributed by atoms with Gasteiger partial charge in [-0.05, 0) is 72.5 Å². The summed E-state index contributed by atoms with van der Waals surface area (Å²) >= 11 is 0. The summed E-state index contributed by atoms with van der Waals surface area (Å²) in [4.78, 5) is 0.